The molecular weight excluding hydrogens is 572 g/mol. The lowest BCUT2D eigenvalue weighted by molar-refractivity contribution is -0.133. The Bertz CT molecular complexity index is 1410. The van der Waals surface area contributed by atoms with Gasteiger partial charge in [-0.25, -0.2) is 0 Å². The van der Waals surface area contributed by atoms with Crippen LogP contribution in [-0.2, 0) is 9.53 Å². The Hall–Kier alpha value is -3.63. The number of methoxy groups -OCH3 is 3. The van der Waals surface area contributed by atoms with Gasteiger partial charge in [0.15, 0.2) is 11.5 Å². The summed E-state index contributed by atoms with van der Waals surface area (Å²) in [5.74, 6) is 1.05. The fourth-order valence-corrected chi connectivity index (χ4v) is 8.00. The van der Waals surface area contributed by atoms with Crippen molar-refractivity contribution < 1.29 is 28.6 Å². The average Bonchev–Trinajstić information content (AvgIpc) is 3.37. The van der Waals surface area contributed by atoms with Gasteiger partial charge in [0, 0.05) is 51.4 Å². The van der Waals surface area contributed by atoms with Crippen molar-refractivity contribution in [2.24, 2.45) is 5.92 Å². The molecule has 0 aliphatic carbocycles. The van der Waals surface area contributed by atoms with Crippen molar-refractivity contribution in [2.45, 2.75) is 63.6 Å². The first-order valence-corrected chi connectivity index (χ1v) is 16.5. The lowest BCUT2D eigenvalue weighted by atomic mass is 9.83. The Morgan fingerprint density at radius 1 is 0.933 bits per heavy atom. The molecule has 10 nitrogen and oxygen atoms in total. The highest BCUT2D eigenvalue weighted by molar-refractivity contribution is 6.18. The summed E-state index contributed by atoms with van der Waals surface area (Å²) < 4.78 is 16.4. The molecule has 3 amide bonds. The number of carbonyl (C=O) groups is 3. The van der Waals surface area contributed by atoms with E-state index in [1.165, 1.54) is 53.0 Å². The minimum absolute atomic E-state index is 0.120. The Balaban J connectivity index is 1.21. The van der Waals surface area contributed by atoms with E-state index >= 15 is 0 Å². The van der Waals surface area contributed by atoms with Crippen LogP contribution in [0.15, 0.2) is 36.4 Å². The van der Waals surface area contributed by atoms with E-state index in [0.29, 0.717) is 78.4 Å². The molecule has 0 radical (unpaired) electrons. The summed E-state index contributed by atoms with van der Waals surface area (Å²) in [6, 6.07) is 11.4. The number of fused-ring (bicyclic) bond motifs is 6. The van der Waals surface area contributed by atoms with Crippen molar-refractivity contribution in [3.63, 3.8) is 0 Å². The number of nitrogens with zero attached hydrogens (tertiary/aromatic N) is 4. The molecule has 10 heteroatoms. The molecule has 0 bridgehead atoms. The topological polar surface area (TPSA) is 91.9 Å². The Morgan fingerprint density at radius 3 is 2.56 bits per heavy atom. The maximum absolute atomic E-state index is 14.0. The molecule has 3 atom stereocenters. The minimum Gasteiger partial charge on any atom is -0.493 e. The normalized spacial score (nSPS) is 22.4. The first-order valence-electron chi connectivity index (χ1n) is 16.5. The molecule has 2 aromatic rings. The molecule has 4 aliphatic rings. The van der Waals surface area contributed by atoms with Crippen molar-refractivity contribution >= 4 is 23.4 Å². The van der Waals surface area contributed by atoms with Gasteiger partial charge in [0.25, 0.3) is 11.8 Å². The monoisotopic (exact) mass is 618 g/mol. The molecule has 0 aromatic heterocycles. The van der Waals surface area contributed by atoms with Gasteiger partial charge in [-0.1, -0.05) is 24.6 Å². The molecule has 2 saturated heterocycles. The second-order valence-corrected chi connectivity index (χ2v) is 12.6. The SMILES string of the molecule is COCCCN(CC1CCCN2CCCCC12)C(=O)CCCN1C(=O)c2ccccc2N2C(=O)c3c(ccc(OC)c3OC)C12. The molecule has 4 aliphatic heterocycles. The van der Waals surface area contributed by atoms with Gasteiger partial charge < -0.3 is 28.9 Å². The lowest BCUT2D eigenvalue weighted by Crippen LogP contribution is -2.52. The number of amides is 3. The standard InChI is InChI=1S/C35H46N4O6/c1-43-22-10-20-37(23-24-11-8-19-36-18-7-6-13-27(24)36)30(40)15-9-21-38-33-26-16-17-29(44-2)32(45-3)31(26)35(42)39(33)28-14-5-4-12-25(28)34(38)41/h4-5,12,14,16-17,24,27,33H,6-11,13,15,18-23H2,1-3H3. The van der Waals surface area contributed by atoms with Crippen LogP contribution in [0.4, 0.5) is 5.69 Å². The van der Waals surface area contributed by atoms with Crippen LogP contribution in [0, 0.1) is 5.92 Å². The van der Waals surface area contributed by atoms with E-state index < -0.39 is 6.17 Å². The van der Waals surface area contributed by atoms with Gasteiger partial charge in [-0.05, 0) is 75.7 Å². The summed E-state index contributed by atoms with van der Waals surface area (Å²) in [6.07, 6.45) is 7.11. The smallest absolute Gasteiger partial charge is 0.264 e. The van der Waals surface area contributed by atoms with E-state index in [4.69, 9.17) is 14.2 Å². The summed E-state index contributed by atoms with van der Waals surface area (Å²) in [5, 5.41) is 0. The maximum atomic E-state index is 14.0. The number of piperidine rings is 2. The van der Waals surface area contributed by atoms with Crippen molar-refractivity contribution in [1.82, 2.24) is 14.7 Å². The average molecular weight is 619 g/mol. The van der Waals surface area contributed by atoms with E-state index in [0.717, 1.165) is 19.4 Å². The van der Waals surface area contributed by atoms with Crippen molar-refractivity contribution in [2.75, 3.05) is 65.6 Å². The molecule has 45 heavy (non-hydrogen) atoms. The van der Waals surface area contributed by atoms with Gasteiger partial charge in [-0.3, -0.25) is 19.3 Å². The fourth-order valence-electron chi connectivity index (χ4n) is 8.00. The van der Waals surface area contributed by atoms with Crippen LogP contribution in [0.5, 0.6) is 11.5 Å². The Morgan fingerprint density at radius 2 is 1.76 bits per heavy atom. The third kappa shape index (κ3) is 5.90. The highest BCUT2D eigenvalue weighted by Gasteiger charge is 2.49. The molecule has 6 rings (SSSR count). The molecule has 242 valence electrons. The van der Waals surface area contributed by atoms with Crippen LogP contribution in [0.1, 0.15) is 83.8 Å². The van der Waals surface area contributed by atoms with Crippen molar-refractivity contribution in [1.29, 1.82) is 0 Å². The molecule has 0 N–H and O–H groups in total. The Labute approximate surface area is 266 Å². The van der Waals surface area contributed by atoms with Crippen LogP contribution < -0.4 is 14.4 Å². The molecule has 0 spiro atoms. The predicted octanol–water partition coefficient (Wildman–Crippen LogP) is 4.73. The van der Waals surface area contributed by atoms with E-state index in [9.17, 15) is 14.4 Å². The summed E-state index contributed by atoms with van der Waals surface area (Å²) in [4.78, 5) is 49.8. The maximum Gasteiger partial charge on any atom is 0.264 e. The third-order valence-corrected chi connectivity index (χ3v) is 10.1. The van der Waals surface area contributed by atoms with Crippen LogP contribution in [0.2, 0.25) is 0 Å². The fraction of sp³-hybridized carbons (Fsp3) is 0.571. The number of hydrogen-bond donors (Lipinski definition) is 0. The minimum atomic E-state index is -0.623. The third-order valence-electron chi connectivity index (χ3n) is 10.1. The second-order valence-electron chi connectivity index (χ2n) is 12.6. The van der Waals surface area contributed by atoms with Gasteiger partial charge in [0.05, 0.1) is 31.0 Å². The predicted molar refractivity (Wildman–Crippen MR) is 171 cm³/mol. The first kappa shape index (κ1) is 31.4. The van der Waals surface area contributed by atoms with Crippen molar-refractivity contribution in [3.05, 3.63) is 53.1 Å². The van der Waals surface area contributed by atoms with E-state index in [1.807, 2.05) is 29.2 Å². The number of anilines is 1. The largest absolute Gasteiger partial charge is 0.493 e. The van der Waals surface area contributed by atoms with Crippen LogP contribution in [0.3, 0.4) is 0 Å². The molecule has 0 saturated carbocycles. The second kappa shape index (κ2) is 13.8. The Kier molecular flexibility index (Phi) is 9.61. The number of ether oxygens (including phenoxy) is 3. The van der Waals surface area contributed by atoms with Crippen LogP contribution >= 0.6 is 0 Å². The number of benzene rings is 2. The van der Waals surface area contributed by atoms with E-state index in [2.05, 4.69) is 4.90 Å². The summed E-state index contributed by atoms with van der Waals surface area (Å²) >= 11 is 0. The zero-order valence-electron chi connectivity index (χ0n) is 26.8. The quantitative estimate of drug-likeness (QED) is 0.318. The van der Waals surface area contributed by atoms with Gasteiger partial charge in [0.1, 0.15) is 6.17 Å². The zero-order valence-corrected chi connectivity index (χ0v) is 26.8. The van der Waals surface area contributed by atoms with E-state index in [1.54, 1.807) is 29.0 Å². The molecule has 2 fully saturated rings. The summed E-state index contributed by atoms with van der Waals surface area (Å²) in [6.45, 7) is 4.76. The van der Waals surface area contributed by atoms with Gasteiger partial charge in [0.2, 0.25) is 5.91 Å². The van der Waals surface area contributed by atoms with Crippen LogP contribution in [0.25, 0.3) is 0 Å². The van der Waals surface area contributed by atoms with Crippen LogP contribution in [-0.4, -0.2) is 99.1 Å². The lowest BCUT2D eigenvalue weighted by Gasteiger charge is -2.45. The van der Waals surface area contributed by atoms with E-state index in [-0.39, 0.29) is 17.7 Å². The summed E-state index contributed by atoms with van der Waals surface area (Å²) in [7, 11) is 4.75. The number of hydrogen-bond acceptors (Lipinski definition) is 7. The van der Waals surface area contributed by atoms with Gasteiger partial charge >= 0.3 is 0 Å². The first-order chi connectivity index (χ1) is 22.0. The van der Waals surface area contributed by atoms with Crippen molar-refractivity contribution in [3.8, 4) is 11.5 Å². The number of para-hydroxylation sites is 1. The number of carbonyl (C=O) groups excluding carboxylic acids is 3. The van der Waals surface area contributed by atoms with Gasteiger partial charge in [-0.2, -0.15) is 0 Å². The highest BCUT2D eigenvalue weighted by atomic mass is 16.5. The highest BCUT2D eigenvalue weighted by Crippen LogP contribution is 2.49. The molecule has 3 unspecified atom stereocenters. The van der Waals surface area contributed by atoms with Gasteiger partial charge in [-0.15, -0.1) is 0 Å². The molecule has 4 heterocycles. The number of rotatable bonds is 12. The zero-order chi connectivity index (χ0) is 31.5. The summed E-state index contributed by atoms with van der Waals surface area (Å²) in [5.41, 5.74) is 2.15. The molecule has 2 aromatic carbocycles. The molecular formula is C35H46N4O6.